The Morgan fingerprint density at radius 2 is 1.89 bits per heavy atom. The van der Waals surface area contributed by atoms with Gasteiger partial charge in [0.2, 0.25) is 11.8 Å². The van der Waals surface area contributed by atoms with Crippen LogP contribution in [-0.2, 0) is 30.3 Å². The van der Waals surface area contributed by atoms with E-state index in [4.69, 9.17) is 22.9 Å². The monoisotopic (exact) mass is 536 g/mol. The van der Waals surface area contributed by atoms with E-state index < -0.39 is 48.0 Å². The molecule has 210 valence electrons. The molecule has 0 aliphatic carbocycles. The minimum absolute atomic E-state index is 0.0534. The van der Waals surface area contributed by atoms with E-state index in [1.165, 1.54) is 0 Å². The Hall–Kier alpha value is -4.24. The van der Waals surface area contributed by atoms with Crippen LogP contribution < -0.4 is 38.9 Å². The zero-order valence-corrected chi connectivity index (χ0v) is 21.1. The molecular formula is C23H36N8O7. The summed E-state index contributed by atoms with van der Waals surface area (Å²) >= 11 is 0. The summed E-state index contributed by atoms with van der Waals surface area (Å²) in [5.41, 5.74) is 21.0. The van der Waals surface area contributed by atoms with E-state index >= 15 is 0 Å². The molecule has 38 heavy (non-hydrogen) atoms. The predicted molar refractivity (Wildman–Crippen MR) is 137 cm³/mol. The fourth-order valence-corrected chi connectivity index (χ4v) is 3.48. The molecule has 0 aliphatic heterocycles. The number of alkyl carbamates (subject to hydrolysis) is 1. The Kier molecular flexibility index (Phi) is 13.2. The number of carbonyl (C=O) groups excluding carboxylic acids is 4. The molecule has 0 spiro atoms. The number of nitrogens with two attached hydrogens (primary N) is 4. The minimum Gasteiger partial charge on any atom is -0.481 e. The van der Waals surface area contributed by atoms with E-state index in [1.807, 2.05) is 0 Å². The number of carboxylic acids is 1. The number of benzene rings is 1. The third-order valence-corrected chi connectivity index (χ3v) is 5.45. The lowest BCUT2D eigenvalue weighted by molar-refractivity contribution is -0.139. The standard InChI is InChI=1S/C23H36N8O7/c1-38-22(37)31-23(8-7-17(33)34,12-14-5-4-6-15(11-14)18(24)25)20(36)30-16(13-32)19(35)28-9-2-3-10-29-21(26)27/h4-6,11,13,16,18H,2-3,7-10,12,24-25H2,1H3,(H,28,35)(H,30,36)(H,31,37)(H,33,34)(H4,26,27,29). The van der Waals surface area contributed by atoms with E-state index in [0.29, 0.717) is 30.5 Å². The van der Waals surface area contributed by atoms with Crippen LogP contribution >= 0.6 is 0 Å². The quantitative estimate of drug-likeness (QED) is 0.0284. The molecule has 15 nitrogen and oxygen atoms in total. The van der Waals surface area contributed by atoms with E-state index in [-0.39, 0.29) is 31.6 Å². The zero-order chi connectivity index (χ0) is 28.7. The summed E-state index contributed by atoms with van der Waals surface area (Å²) in [5, 5.41) is 16.5. The summed E-state index contributed by atoms with van der Waals surface area (Å²) in [4.78, 5) is 65.2. The van der Waals surface area contributed by atoms with Crippen molar-refractivity contribution in [3.63, 3.8) is 0 Å². The fourth-order valence-electron chi connectivity index (χ4n) is 3.48. The number of amides is 3. The Labute approximate surface area is 219 Å². The highest BCUT2D eigenvalue weighted by Crippen LogP contribution is 2.23. The first-order valence-electron chi connectivity index (χ1n) is 11.7. The average molecular weight is 537 g/mol. The number of nitrogens with one attached hydrogen (secondary N) is 3. The van der Waals surface area contributed by atoms with E-state index in [1.54, 1.807) is 24.3 Å². The smallest absolute Gasteiger partial charge is 0.407 e. The fraction of sp³-hybridized carbons (Fsp3) is 0.478. The number of ether oxygens (including phenoxy) is 1. The van der Waals surface area contributed by atoms with Crippen molar-refractivity contribution in [1.82, 2.24) is 16.0 Å². The summed E-state index contributed by atoms with van der Waals surface area (Å²) < 4.78 is 4.65. The summed E-state index contributed by atoms with van der Waals surface area (Å²) in [6, 6.07) is 4.89. The lowest BCUT2D eigenvalue weighted by atomic mass is 9.84. The Bertz CT molecular complexity index is 1010. The van der Waals surface area contributed by atoms with Crippen LogP contribution in [0.25, 0.3) is 0 Å². The Balaban J connectivity index is 3.17. The van der Waals surface area contributed by atoms with Crippen molar-refractivity contribution in [3.8, 4) is 0 Å². The molecule has 1 rings (SSSR count). The van der Waals surface area contributed by atoms with E-state index in [9.17, 15) is 29.1 Å². The van der Waals surface area contributed by atoms with Crippen molar-refractivity contribution in [2.24, 2.45) is 27.9 Å². The number of hydrogen-bond acceptors (Lipinski definition) is 9. The van der Waals surface area contributed by atoms with Crippen LogP contribution in [0, 0.1) is 0 Å². The highest BCUT2D eigenvalue weighted by molar-refractivity contribution is 6.02. The van der Waals surface area contributed by atoms with Gasteiger partial charge in [-0.15, -0.1) is 0 Å². The number of aliphatic imine (C=N–C) groups is 1. The van der Waals surface area contributed by atoms with Crippen molar-refractivity contribution < 1.29 is 33.8 Å². The van der Waals surface area contributed by atoms with Gasteiger partial charge in [-0.3, -0.25) is 19.4 Å². The van der Waals surface area contributed by atoms with Gasteiger partial charge in [-0.25, -0.2) is 4.79 Å². The Morgan fingerprint density at radius 3 is 2.47 bits per heavy atom. The number of aliphatic carboxylic acids is 1. The van der Waals surface area contributed by atoms with Crippen LogP contribution in [0.15, 0.2) is 29.3 Å². The molecule has 0 bridgehead atoms. The maximum absolute atomic E-state index is 13.5. The first kappa shape index (κ1) is 31.8. The molecule has 1 aromatic rings. The van der Waals surface area contributed by atoms with Gasteiger partial charge < -0.3 is 53.5 Å². The van der Waals surface area contributed by atoms with Gasteiger partial charge >= 0.3 is 12.1 Å². The number of rotatable bonds is 16. The normalized spacial score (nSPS) is 12.9. The van der Waals surface area contributed by atoms with E-state index in [2.05, 4.69) is 25.7 Å². The largest absolute Gasteiger partial charge is 0.481 e. The summed E-state index contributed by atoms with van der Waals surface area (Å²) in [6.07, 6.45) is -1.71. The number of unbranched alkanes of at least 4 members (excludes halogenated alkanes) is 1. The molecule has 2 atom stereocenters. The second-order valence-corrected chi connectivity index (χ2v) is 8.43. The van der Waals surface area contributed by atoms with Crippen molar-refractivity contribution in [3.05, 3.63) is 35.4 Å². The van der Waals surface area contributed by atoms with Crippen molar-refractivity contribution in [2.75, 3.05) is 20.2 Å². The van der Waals surface area contributed by atoms with Crippen LogP contribution in [0.3, 0.4) is 0 Å². The van der Waals surface area contributed by atoms with Crippen LogP contribution in [-0.4, -0.2) is 73.0 Å². The maximum atomic E-state index is 13.5. The third-order valence-electron chi connectivity index (χ3n) is 5.45. The number of carbonyl (C=O) groups is 5. The average Bonchev–Trinajstić information content (AvgIpc) is 2.87. The van der Waals surface area contributed by atoms with Gasteiger partial charge in [-0.2, -0.15) is 0 Å². The lowest BCUT2D eigenvalue weighted by Crippen LogP contribution is -2.63. The molecule has 12 N–H and O–H groups in total. The van der Waals surface area contributed by atoms with Gasteiger partial charge in [0.15, 0.2) is 18.3 Å². The zero-order valence-electron chi connectivity index (χ0n) is 21.1. The molecule has 2 unspecified atom stereocenters. The molecule has 3 amide bonds. The molecule has 0 saturated heterocycles. The maximum Gasteiger partial charge on any atom is 0.407 e. The van der Waals surface area contributed by atoms with Gasteiger partial charge in [0.1, 0.15) is 5.54 Å². The van der Waals surface area contributed by atoms with Crippen LogP contribution in [0.4, 0.5) is 4.79 Å². The topological polar surface area (TPSA) is 267 Å². The van der Waals surface area contributed by atoms with Gasteiger partial charge in [0, 0.05) is 25.9 Å². The molecule has 0 aliphatic rings. The Morgan fingerprint density at radius 1 is 1.18 bits per heavy atom. The number of nitrogens with zero attached hydrogens (tertiary/aromatic N) is 1. The first-order valence-corrected chi connectivity index (χ1v) is 11.7. The van der Waals surface area contributed by atoms with Gasteiger partial charge in [-0.05, 0) is 30.4 Å². The first-order chi connectivity index (χ1) is 17.9. The van der Waals surface area contributed by atoms with Crippen molar-refractivity contribution >= 4 is 36.1 Å². The molecular weight excluding hydrogens is 500 g/mol. The summed E-state index contributed by atoms with van der Waals surface area (Å²) in [6.45, 7) is 0.531. The highest BCUT2D eigenvalue weighted by Gasteiger charge is 2.42. The molecule has 0 saturated carbocycles. The number of hydrogen-bond donors (Lipinski definition) is 8. The molecule has 0 heterocycles. The number of methoxy groups -OCH3 is 1. The molecule has 0 aromatic heterocycles. The second-order valence-electron chi connectivity index (χ2n) is 8.43. The van der Waals surface area contributed by atoms with Crippen LogP contribution in [0.1, 0.15) is 43.0 Å². The number of carboxylic acid groups (broad SMARTS) is 1. The summed E-state index contributed by atoms with van der Waals surface area (Å²) in [5.74, 6) is -3.05. The van der Waals surface area contributed by atoms with E-state index in [0.717, 1.165) is 7.11 Å². The van der Waals surface area contributed by atoms with Crippen LogP contribution in [0.5, 0.6) is 0 Å². The van der Waals surface area contributed by atoms with Gasteiger partial charge in [0.05, 0.1) is 13.3 Å². The molecule has 1 aromatic carbocycles. The second kappa shape index (κ2) is 15.8. The van der Waals surface area contributed by atoms with Crippen molar-refractivity contribution in [2.45, 2.75) is 49.9 Å². The molecule has 0 fully saturated rings. The van der Waals surface area contributed by atoms with Gasteiger partial charge in [0.25, 0.3) is 0 Å². The highest BCUT2D eigenvalue weighted by atomic mass is 16.5. The minimum atomic E-state index is -1.91. The molecule has 0 radical (unpaired) electrons. The molecule has 15 heteroatoms. The summed E-state index contributed by atoms with van der Waals surface area (Å²) in [7, 11) is 1.07. The van der Waals surface area contributed by atoms with Crippen LogP contribution in [0.2, 0.25) is 0 Å². The van der Waals surface area contributed by atoms with Crippen molar-refractivity contribution in [1.29, 1.82) is 0 Å². The van der Waals surface area contributed by atoms with Gasteiger partial charge in [-0.1, -0.05) is 24.3 Å². The number of guanidine groups is 1. The SMILES string of the molecule is COC(=O)NC(CCC(=O)O)(Cc1cccc(C(N)N)c1)C(=O)NC(C=O)C(=O)NCCCCN=C(N)N. The lowest BCUT2D eigenvalue weighted by Gasteiger charge is -2.33. The third kappa shape index (κ3) is 10.8. The predicted octanol–water partition coefficient (Wildman–Crippen LogP) is -2.04. The number of aldehydes is 1.